The Morgan fingerprint density at radius 1 is 0.861 bits per heavy atom. The van der Waals surface area contributed by atoms with Gasteiger partial charge in [0.2, 0.25) is 0 Å². The van der Waals surface area contributed by atoms with Crippen LogP contribution in [0.1, 0.15) is 41.6 Å². The topological polar surface area (TPSA) is 47.2 Å². The summed E-state index contributed by atoms with van der Waals surface area (Å²) in [6.45, 7) is 4.60. The van der Waals surface area contributed by atoms with Gasteiger partial charge in [0.1, 0.15) is 11.6 Å². The van der Waals surface area contributed by atoms with Crippen LogP contribution in [-0.4, -0.2) is 10.5 Å². The van der Waals surface area contributed by atoms with Crippen LogP contribution in [0.5, 0.6) is 0 Å². The average molecular weight is 479 g/mol. The summed E-state index contributed by atoms with van der Waals surface area (Å²) in [4.78, 5) is 14.0. The van der Waals surface area contributed by atoms with Crippen LogP contribution in [0.4, 0.5) is 10.1 Å². The first-order valence-electron chi connectivity index (χ1n) is 12.0. The second-order valence-electron chi connectivity index (χ2n) is 9.00. The minimum Gasteiger partial charge on any atom is -0.467 e. The zero-order valence-corrected chi connectivity index (χ0v) is 20.2. The lowest BCUT2D eigenvalue weighted by Crippen LogP contribution is -2.16. The lowest BCUT2D eigenvalue weighted by molar-refractivity contribution is 0.102. The van der Waals surface area contributed by atoms with Crippen LogP contribution in [0, 0.1) is 5.82 Å². The van der Waals surface area contributed by atoms with Crippen molar-refractivity contribution < 1.29 is 13.6 Å². The Balaban J connectivity index is 1.82. The van der Waals surface area contributed by atoms with E-state index < -0.39 is 0 Å². The number of nitrogens with one attached hydrogen (secondary N) is 1. The molecule has 180 valence electrons. The Bertz CT molecular complexity index is 1450. The van der Waals surface area contributed by atoms with E-state index in [-0.39, 0.29) is 17.6 Å². The predicted octanol–water partition coefficient (Wildman–Crippen LogP) is 7.98. The molecule has 4 nitrogen and oxygen atoms in total. The molecule has 0 atom stereocenters. The van der Waals surface area contributed by atoms with Crippen LogP contribution in [0.25, 0.3) is 22.4 Å². The molecule has 0 aliphatic rings. The van der Waals surface area contributed by atoms with Gasteiger partial charge < -0.3 is 14.3 Å². The molecular formula is C31H27FN2O2. The number of para-hydroxylation sites is 1. The van der Waals surface area contributed by atoms with Gasteiger partial charge in [-0.2, -0.15) is 0 Å². The van der Waals surface area contributed by atoms with Gasteiger partial charge >= 0.3 is 0 Å². The van der Waals surface area contributed by atoms with Crippen molar-refractivity contribution in [2.24, 2.45) is 0 Å². The number of hydrogen-bond donors (Lipinski definition) is 1. The molecule has 36 heavy (non-hydrogen) atoms. The van der Waals surface area contributed by atoms with Crippen LogP contribution in [-0.2, 0) is 6.54 Å². The minimum atomic E-state index is -0.310. The number of aromatic nitrogens is 1. The molecule has 1 N–H and O–H groups in total. The number of hydrogen-bond acceptors (Lipinski definition) is 2. The van der Waals surface area contributed by atoms with Crippen molar-refractivity contribution in [1.29, 1.82) is 0 Å². The summed E-state index contributed by atoms with van der Waals surface area (Å²) in [5.41, 5.74) is 5.60. The van der Waals surface area contributed by atoms with Crippen LogP contribution >= 0.6 is 0 Å². The molecular weight excluding hydrogens is 451 g/mol. The smallest absolute Gasteiger partial charge is 0.258 e. The summed E-state index contributed by atoms with van der Waals surface area (Å²) in [6, 6.07) is 29.5. The van der Waals surface area contributed by atoms with E-state index in [1.807, 2.05) is 72.8 Å². The van der Waals surface area contributed by atoms with Crippen molar-refractivity contribution in [1.82, 2.24) is 4.57 Å². The fourth-order valence-electron chi connectivity index (χ4n) is 4.70. The lowest BCUT2D eigenvalue weighted by atomic mass is 9.94. The second-order valence-corrected chi connectivity index (χ2v) is 9.00. The SMILES string of the molecule is CC(C)c1c(C(=O)Nc2ccccc2)c(-c2ccccc2)c(-c2ccc(F)cc2)n1Cc1ccco1. The van der Waals surface area contributed by atoms with Gasteiger partial charge in [-0.1, -0.05) is 62.4 Å². The van der Waals surface area contributed by atoms with Crippen molar-refractivity contribution >= 4 is 11.6 Å². The van der Waals surface area contributed by atoms with Crippen LogP contribution < -0.4 is 5.32 Å². The average Bonchev–Trinajstić information content (AvgIpc) is 3.52. The van der Waals surface area contributed by atoms with E-state index in [1.54, 1.807) is 18.4 Å². The van der Waals surface area contributed by atoms with Crippen molar-refractivity contribution in [2.75, 3.05) is 5.32 Å². The molecule has 5 rings (SSSR count). The maximum Gasteiger partial charge on any atom is 0.258 e. The first-order chi connectivity index (χ1) is 17.5. The summed E-state index contributed by atoms with van der Waals surface area (Å²) in [5, 5.41) is 3.09. The van der Waals surface area contributed by atoms with Gasteiger partial charge in [0, 0.05) is 16.9 Å². The van der Waals surface area contributed by atoms with E-state index in [9.17, 15) is 9.18 Å². The fourth-order valence-corrected chi connectivity index (χ4v) is 4.70. The first-order valence-corrected chi connectivity index (χ1v) is 12.0. The van der Waals surface area contributed by atoms with Crippen LogP contribution in [0.3, 0.4) is 0 Å². The summed E-state index contributed by atoms with van der Waals surface area (Å²) < 4.78 is 21.8. The number of benzene rings is 3. The Morgan fingerprint density at radius 3 is 2.14 bits per heavy atom. The minimum absolute atomic E-state index is 0.0214. The zero-order valence-electron chi connectivity index (χ0n) is 20.2. The van der Waals surface area contributed by atoms with E-state index in [0.29, 0.717) is 12.1 Å². The molecule has 5 aromatic rings. The van der Waals surface area contributed by atoms with Gasteiger partial charge in [0.05, 0.1) is 24.1 Å². The Morgan fingerprint density at radius 2 is 1.53 bits per heavy atom. The van der Waals surface area contributed by atoms with Crippen molar-refractivity contribution in [3.8, 4) is 22.4 Å². The molecule has 5 heteroatoms. The maximum atomic E-state index is 14.0. The molecule has 0 unspecified atom stereocenters. The number of anilines is 1. The van der Waals surface area contributed by atoms with Gasteiger partial charge in [0.15, 0.2) is 0 Å². The van der Waals surface area contributed by atoms with Gasteiger partial charge in [-0.3, -0.25) is 4.79 Å². The van der Waals surface area contributed by atoms with Crippen molar-refractivity contribution in [2.45, 2.75) is 26.3 Å². The summed E-state index contributed by atoms with van der Waals surface area (Å²) in [5.74, 6) is 0.290. The highest BCUT2D eigenvalue weighted by atomic mass is 19.1. The van der Waals surface area contributed by atoms with Gasteiger partial charge in [0.25, 0.3) is 5.91 Å². The number of rotatable bonds is 7. The van der Waals surface area contributed by atoms with Crippen molar-refractivity contribution in [3.63, 3.8) is 0 Å². The number of carbonyl (C=O) groups excluding carboxylic acids is 1. The second kappa shape index (κ2) is 10.1. The van der Waals surface area contributed by atoms with E-state index in [0.717, 1.165) is 39.5 Å². The maximum absolute atomic E-state index is 14.0. The molecule has 0 bridgehead atoms. The molecule has 2 aromatic heterocycles. The molecule has 0 fully saturated rings. The molecule has 0 saturated heterocycles. The molecule has 1 amide bonds. The number of amides is 1. The van der Waals surface area contributed by atoms with E-state index in [1.165, 1.54) is 12.1 Å². The highest BCUT2D eigenvalue weighted by molar-refractivity contribution is 6.12. The monoisotopic (exact) mass is 478 g/mol. The standard InChI is InChI=1S/C31H27FN2O2/c1-21(2)29-28(31(35)33-25-12-7-4-8-13-25)27(22-10-5-3-6-11-22)30(23-15-17-24(32)18-16-23)34(29)20-26-14-9-19-36-26/h3-19,21H,20H2,1-2H3,(H,33,35). The van der Waals surface area contributed by atoms with Gasteiger partial charge in [-0.15, -0.1) is 0 Å². The lowest BCUT2D eigenvalue weighted by Gasteiger charge is -2.16. The summed E-state index contributed by atoms with van der Waals surface area (Å²) in [6.07, 6.45) is 1.65. The fraction of sp³-hybridized carbons (Fsp3) is 0.129. The highest BCUT2D eigenvalue weighted by Crippen LogP contribution is 2.42. The number of furan rings is 1. The molecule has 0 aliphatic carbocycles. The number of carbonyl (C=O) groups is 1. The zero-order chi connectivity index (χ0) is 25.1. The molecule has 2 heterocycles. The van der Waals surface area contributed by atoms with Gasteiger partial charge in [-0.25, -0.2) is 4.39 Å². The van der Waals surface area contributed by atoms with Crippen LogP contribution in [0.15, 0.2) is 108 Å². The largest absolute Gasteiger partial charge is 0.467 e. The molecule has 0 saturated carbocycles. The molecule has 3 aromatic carbocycles. The van der Waals surface area contributed by atoms with E-state index in [2.05, 4.69) is 23.7 Å². The first kappa shape index (κ1) is 23.4. The molecule has 0 spiro atoms. The summed E-state index contributed by atoms with van der Waals surface area (Å²) in [7, 11) is 0. The number of halogens is 1. The van der Waals surface area contributed by atoms with Gasteiger partial charge in [-0.05, 0) is 65.6 Å². The Labute approximate surface area is 210 Å². The quantitative estimate of drug-likeness (QED) is 0.258. The Kier molecular flexibility index (Phi) is 6.54. The third kappa shape index (κ3) is 4.60. The predicted molar refractivity (Wildman–Crippen MR) is 142 cm³/mol. The van der Waals surface area contributed by atoms with E-state index in [4.69, 9.17) is 4.42 Å². The third-order valence-corrected chi connectivity index (χ3v) is 6.18. The van der Waals surface area contributed by atoms with Crippen LogP contribution in [0.2, 0.25) is 0 Å². The number of nitrogens with zero attached hydrogens (tertiary/aromatic N) is 1. The molecule has 0 radical (unpaired) electrons. The third-order valence-electron chi connectivity index (χ3n) is 6.18. The molecule has 0 aliphatic heterocycles. The summed E-state index contributed by atoms with van der Waals surface area (Å²) >= 11 is 0. The Hall–Kier alpha value is -4.38. The van der Waals surface area contributed by atoms with Crippen molar-refractivity contribution in [3.05, 3.63) is 126 Å². The highest BCUT2D eigenvalue weighted by Gasteiger charge is 2.30. The normalized spacial score (nSPS) is 11.1. The van der Waals surface area contributed by atoms with E-state index >= 15 is 0 Å².